The molecule has 4 nitrogen and oxygen atoms in total. The lowest BCUT2D eigenvalue weighted by Gasteiger charge is -2.15. The quantitative estimate of drug-likeness (QED) is 0.834. The SMILES string of the molecule is C#CCN(C)S(=O)(=O)c1ccc(Cl)c(CN)c1. The number of terminal acetylenes is 1. The molecular formula is C11H13ClN2O2S. The second-order valence-electron chi connectivity index (χ2n) is 3.42. The minimum absolute atomic E-state index is 0.0168. The van der Waals surface area contributed by atoms with Gasteiger partial charge in [0.2, 0.25) is 10.0 Å². The van der Waals surface area contributed by atoms with Crippen LogP contribution in [0.2, 0.25) is 5.02 Å². The first-order valence-corrected chi connectivity index (χ1v) is 6.63. The predicted octanol–water partition coefficient (Wildman–Crippen LogP) is 1.05. The van der Waals surface area contributed by atoms with Gasteiger partial charge in [-0.25, -0.2) is 8.42 Å². The van der Waals surface area contributed by atoms with E-state index in [4.69, 9.17) is 23.8 Å². The van der Waals surface area contributed by atoms with Gasteiger partial charge in [0.1, 0.15) is 0 Å². The van der Waals surface area contributed by atoms with E-state index in [-0.39, 0.29) is 18.0 Å². The van der Waals surface area contributed by atoms with E-state index >= 15 is 0 Å². The van der Waals surface area contributed by atoms with E-state index in [0.29, 0.717) is 10.6 Å². The molecule has 1 aromatic rings. The van der Waals surface area contributed by atoms with Gasteiger partial charge in [0.25, 0.3) is 0 Å². The molecule has 92 valence electrons. The number of nitrogens with two attached hydrogens (primary N) is 1. The van der Waals surface area contributed by atoms with Crippen LogP contribution < -0.4 is 5.73 Å². The van der Waals surface area contributed by atoms with E-state index in [2.05, 4.69) is 5.92 Å². The summed E-state index contributed by atoms with van der Waals surface area (Å²) < 4.78 is 25.2. The molecule has 0 amide bonds. The molecule has 0 saturated carbocycles. The maximum absolute atomic E-state index is 12.0. The molecular weight excluding hydrogens is 260 g/mol. The van der Waals surface area contributed by atoms with Crippen LogP contribution in [0.3, 0.4) is 0 Å². The summed E-state index contributed by atoms with van der Waals surface area (Å²) in [6.45, 7) is 0.198. The van der Waals surface area contributed by atoms with E-state index in [0.717, 1.165) is 4.31 Å². The molecule has 1 rings (SSSR count). The summed E-state index contributed by atoms with van der Waals surface area (Å²) in [5, 5.41) is 0.450. The molecule has 2 N–H and O–H groups in total. The fourth-order valence-corrected chi connectivity index (χ4v) is 2.59. The van der Waals surface area contributed by atoms with Crippen molar-refractivity contribution in [3.8, 4) is 12.3 Å². The molecule has 0 aliphatic carbocycles. The van der Waals surface area contributed by atoms with Crippen molar-refractivity contribution >= 4 is 21.6 Å². The number of hydrogen-bond acceptors (Lipinski definition) is 3. The number of halogens is 1. The third-order valence-electron chi connectivity index (χ3n) is 2.26. The Balaban J connectivity index is 3.21. The Kier molecular flexibility index (Phi) is 4.54. The fraction of sp³-hybridized carbons (Fsp3) is 0.273. The zero-order chi connectivity index (χ0) is 13.1. The molecule has 0 aliphatic rings. The molecule has 17 heavy (non-hydrogen) atoms. The number of nitrogens with zero attached hydrogens (tertiary/aromatic N) is 1. The Bertz CT molecular complexity index is 549. The smallest absolute Gasteiger partial charge is 0.243 e. The van der Waals surface area contributed by atoms with Gasteiger partial charge in [-0.3, -0.25) is 0 Å². The molecule has 0 atom stereocenters. The number of sulfonamides is 1. The summed E-state index contributed by atoms with van der Waals surface area (Å²) in [6.07, 6.45) is 5.09. The van der Waals surface area contributed by atoms with Crippen LogP contribution in [0, 0.1) is 12.3 Å². The highest BCUT2D eigenvalue weighted by Crippen LogP contribution is 2.21. The van der Waals surface area contributed by atoms with Crippen molar-refractivity contribution in [1.82, 2.24) is 4.31 Å². The maximum Gasteiger partial charge on any atom is 0.243 e. The summed E-state index contributed by atoms with van der Waals surface area (Å²) >= 11 is 5.87. The zero-order valence-electron chi connectivity index (χ0n) is 9.35. The summed E-state index contributed by atoms with van der Waals surface area (Å²) in [7, 11) is -2.15. The first kappa shape index (κ1) is 14.0. The first-order valence-electron chi connectivity index (χ1n) is 4.81. The number of hydrogen-bond donors (Lipinski definition) is 1. The molecule has 1 aromatic carbocycles. The standard InChI is InChI=1S/C11H13ClN2O2S/c1-3-6-14(2)17(15,16)10-4-5-11(12)9(7-10)8-13/h1,4-5,7H,6,8,13H2,2H3. The van der Waals surface area contributed by atoms with E-state index in [1.807, 2.05) is 0 Å². The van der Waals surface area contributed by atoms with Crippen LogP contribution >= 0.6 is 11.6 Å². The van der Waals surface area contributed by atoms with Gasteiger partial charge in [-0.05, 0) is 23.8 Å². The van der Waals surface area contributed by atoms with Gasteiger partial charge in [0.15, 0.2) is 0 Å². The monoisotopic (exact) mass is 272 g/mol. The summed E-state index contributed by atoms with van der Waals surface area (Å²) in [5.74, 6) is 2.28. The van der Waals surface area contributed by atoms with Crippen molar-refractivity contribution in [2.75, 3.05) is 13.6 Å². The van der Waals surface area contributed by atoms with E-state index in [9.17, 15) is 8.42 Å². The van der Waals surface area contributed by atoms with Crippen LogP contribution in [-0.2, 0) is 16.6 Å². The lowest BCUT2D eigenvalue weighted by atomic mass is 10.2. The van der Waals surface area contributed by atoms with E-state index in [1.54, 1.807) is 0 Å². The number of benzene rings is 1. The van der Waals surface area contributed by atoms with Crippen LogP contribution in [0.5, 0.6) is 0 Å². The summed E-state index contributed by atoms with van der Waals surface area (Å²) in [5.41, 5.74) is 6.06. The van der Waals surface area contributed by atoms with Gasteiger partial charge >= 0.3 is 0 Å². The van der Waals surface area contributed by atoms with Gasteiger partial charge < -0.3 is 5.73 Å². The summed E-state index contributed by atoms with van der Waals surface area (Å²) in [4.78, 5) is 0.139. The van der Waals surface area contributed by atoms with Crippen LogP contribution in [0.15, 0.2) is 23.1 Å². The Morgan fingerprint density at radius 3 is 2.71 bits per heavy atom. The molecule has 0 spiro atoms. The lowest BCUT2D eigenvalue weighted by molar-refractivity contribution is 0.503. The van der Waals surface area contributed by atoms with Gasteiger partial charge in [-0.1, -0.05) is 17.5 Å². The topological polar surface area (TPSA) is 63.4 Å². The molecule has 0 fully saturated rings. The Hall–Kier alpha value is -1.06. The fourth-order valence-electron chi connectivity index (χ4n) is 1.26. The molecule has 0 saturated heterocycles. The molecule has 0 bridgehead atoms. The average molecular weight is 273 g/mol. The highest BCUT2D eigenvalue weighted by atomic mass is 35.5. The lowest BCUT2D eigenvalue weighted by Crippen LogP contribution is -2.27. The second-order valence-corrected chi connectivity index (χ2v) is 5.87. The molecule has 6 heteroatoms. The zero-order valence-corrected chi connectivity index (χ0v) is 10.9. The van der Waals surface area contributed by atoms with Crippen LogP contribution in [0.4, 0.5) is 0 Å². The molecule has 0 aliphatic heterocycles. The van der Waals surface area contributed by atoms with Crippen molar-refractivity contribution < 1.29 is 8.42 Å². The van der Waals surface area contributed by atoms with Crippen LogP contribution in [0.1, 0.15) is 5.56 Å². The molecule has 0 aromatic heterocycles. The Morgan fingerprint density at radius 1 is 1.53 bits per heavy atom. The normalized spacial score (nSPS) is 11.5. The third-order valence-corrected chi connectivity index (χ3v) is 4.43. The minimum atomic E-state index is -3.57. The Morgan fingerprint density at radius 2 is 2.18 bits per heavy atom. The first-order chi connectivity index (χ1) is 7.93. The van der Waals surface area contributed by atoms with Crippen molar-refractivity contribution in [3.05, 3.63) is 28.8 Å². The number of rotatable bonds is 4. The third kappa shape index (κ3) is 2.99. The predicted molar refractivity (Wildman–Crippen MR) is 68.0 cm³/mol. The van der Waals surface area contributed by atoms with Crippen LogP contribution in [-0.4, -0.2) is 26.3 Å². The van der Waals surface area contributed by atoms with Crippen LogP contribution in [0.25, 0.3) is 0 Å². The average Bonchev–Trinajstić information content (AvgIpc) is 2.29. The highest BCUT2D eigenvalue weighted by molar-refractivity contribution is 7.89. The van der Waals surface area contributed by atoms with Gasteiger partial charge in [0.05, 0.1) is 11.4 Å². The van der Waals surface area contributed by atoms with Crippen molar-refractivity contribution in [2.45, 2.75) is 11.4 Å². The molecule has 0 unspecified atom stereocenters. The largest absolute Gasteiger partial charge is 0.326 e. The maximum atomic E-state index is 12.0. The van der Waals surface area contributed by atoms with Crippen molar-refractivity contribution in [1.29, 1.82) is 0 Å². The van der Waals surface area contributed by atoms with Gasteiger partial charge in [0, 0.05) is 18.6 Å². The van der Waals surface area contributed by atoms with Crippen molar-refractivity contribution in [3.63, 3.8) is 0 Å². The van der Waals surface area contributed by atoms with Gasteiger partial charge in [-0.15, -0.1) is 6.42 Å². The summed E-state index contributed by atoms with van der Waals surface area (Å²) in [6, 6.07) is 4.41. The second kappa shape index (κ2) is 5.52. The van der Waals surface area contributed by atoms with E-state index < -0.39 is 10.0 Å². The minimum Gasteiger partial charge on any atom is -0.326 e. The molecule has 0 radical (unpaired) electrons. The highest BCUT2D eigenvalue weighted by Gasteiger charge is 2.20. The van der Waals surface area contributed by atoms with E-state index in [1.165, 1.54) is 25.2 Å². The van der Waals surface area contributed by atoms with Crippen molar-refractivity contribution in [2.24, 2.45) is 5.73 Å². The Labute approximate surface area is 106 Å². The van der Waals surface area contributed by atoms with Gasteiger partial charge in [-0.2, -0.15) is 4.31 Å². The molecule has 0 heterocycles.